The summed E-state index contributed by atoms with van der Waals surface area (Å²) < 4.78 is 0. The van der Waals surface area contributed by atoms with E-state index in [1.54, 1.807) is 12.4 Å². The summed E-state index contributed by atoms with van der Waals surface area (Å²) in [5.41, 5.74) is 4.28. The van der Waals surface area contributed by atoms with Gasteiger partial charge in [-0.1, -0.05) is 24.3 Å². The predicted molar refractivity (Wildman–Crippen MR) is 96.5 cm³/mol. The van der Waals surface area contributed by atoms with Gasteiger partial charge in [-0.05, 0) is 37.3 Å². The molecule has 25 heavy (non-hydrogen) atoms. The highest BCUT2D eigenvalue weighted by molar-refractivity contribution is 5.92. The van der Waals surface area contributed by atoms with Gasteiger partial charge in [0.25, 0.3) is 5.91 Å². The van der Waals surface area contributed by atoms with E-state index in [1.807, 2.05) is 11.8 Å². The molecule has 1 aliphatic heterocycles. The van der Waals surface area contributed by atoms with Crippen molar-refractivity contribution in [3.63, 3.8) is 0 Å². The summed E-state index contributed by atoms with van der Waals surface area (Å²) in [4.78, 5) is 25.4. The van der Waals surface area contributed by atoms with Gasteiger partial charge in [-0.25, -0.2) is 4.98 Å². The molecule has 0 radical (unpaired) electrons. The van der Waals surface area contributed by atoms with Crippen molar-refractivity contribution in [1.82, 2.24) is 19.8 Å². The van der Waals surface area contributed by atoms with Crippen molar-refractivity contribution in [2.24, 2.45) is 0 Å². The number of carbonyl (C=O) groups excluding carboxylic acids is 1. The summed E-state index contributed by atoms with van der Waals surface area (Å²) in [7, 11) is 0. The maximum Gasteiger partial charge on any atom is 0.274 e. The molecule has 1 amide bonds. The van der Waals surface area contributed by atoms with Crippen LogP contribution in [-0.4, -0.2) is 57.9 Å². The smallest absolute Gasteiger partial charge is 0.274 e. The molecule has 1 fully saturated rings. The lowest BCUT2D eigenvalue weighted by Gasteiger charge is -2.41. The van der Waals surface area contributed by atoms with E-state index in [1.165, 1.54) is 24.0 Å². The number of rotatable bonds is 2. The van der Waals surface area contributed by atoms with E-state index < -0.39 is 0 Å². The average molecular weight is 336 g/mol. The Labute approximate surface area is 148 Å². The van der Waals surface area contributed by atoms with Crippen LogP contribution in [-0.2, 0) is 12.8 Å². The minimum atomic E-state index is 0.00106. The summed E-state index contributed by atoms with van der Waals surface area (Å²) >= 11 is 0. The number of aryl methyl sites for hydroxylation is 2. The van der Waals surface area contributed by atoms with Crippen LogP contribution >= 0.6 is 0 Å². The van der Waals surface area contributed by atoms with E-state index in [0.717, 1.165) is 38.3 Å². The number of aromatic nitrogens is 2. The SMILES string of the molecule is Cc1cnc(C(=O)N2CCN(C3CCc4ccccc4C3)CC2)cn1. The molecular weight excluding hydrogens is 312 g/mol. The molecule has 2 heterocycles. The fourth-order valence-electron chi connectivity index (χ4n) is 3.95. The van der Waals surface area contributed by atoms with Crippen LogP contribution in [0, 0.1) is 6.92 Å². The molecule has 4 rings (SSSR count). The van der Waals surface area contributed by atoms with Crippen molar-refractivity contribution in [1.29, 1.82) is 0 Å². The predicted octanol–water partition coefficient (Wildman–Crippen LogP) is 2.10. The molecule has 1 aromatic heterocycles. The van der Waals surface area contributed by atoms with Gasteiger partial charge in [0.05, 0.1) is 11.9 Å². The number of benzene rings is 1. The van der Waals surface area contributed by atoms with Crippen LogP contribution in [0.4, 0.5) is 0 Å². The lowest BCUT2D eigenvalue weighted by atomic mass is 9.87. The number of amides is 1. The molecule has 5 heteroatoms. The Morgan fingerprint density at radius 1 is 1.04 bits per heavy atom. The van der Waals surface area contributed by atoms with E-state index in [-0.39, 0.29) is 5.91 Å². The molecule has 5 nitrogen and oxygen atoms in total. The second kappa shape index (κ2) is 6.92. The summed E-state index contributed by atoms with van der Waals surface area (Å²) in [5.74, 6) is 0.00106. The minimum Gasteiger partial charge on any atom is -0.335 e. The Bertz CT molecular complexity index is 751. The molecular formula is C20H24N4O. The van der Waals surface area contributed by atoms with Crippen LogP contribution in [0.1, 0.15) is 33.7 Å². The fourth-order valence-corrected chi connectivity index (χ4v) is 3.95. The number of hydrogen-bond donors (Lipinski definition) is 0. The molecule has 0 N–H and O–H groups in total. The molecule has 0 bridgehead atoms. The third kappa shape index (κ3) is 3.42. The molecule has 1 atom stereocenters. The molecule has 130 valence electrons. The molecule has 2 aromatic rings. The zero-order valence-corrected chi connectivity index (χ0v) is 14.7. The van der Waals surface area contributed by atoms with Gasteiger partial charge in [0.15, 0.2) is 0 Å². The van der Waals surface area contributed by atoms with Gasteiger partial charge in [0.2, 0.25) is 0 Å². The van der Waals surface area contributed by atoms with Gasteiger partial charge in [0.1, 0.15) is 5.69 Å². The van der Waals surface area contributed by atoms with Gasteiger partial charge in [0, 0.05) is 38.4 Å². The van der Waals surface area contributed by atoms with E-state index in [4.69, 9.17) is 0 Å². The van der Waals surface area contributed by atoms with E-state index >= 15 is 0 Å². The standard InChI is InChI=1S/C20H24N4O/c1-15-13-22-19(14-21-15)20(25)24-10-8-23(9-11-24)18-7-6-16-4-2-3-5-17(16)12-18/h2-5,13-14,18H,6-12H2,1H3. The number of carbonyl (C=O) groups is 1. The summed E-state index contributed by atoms with van der Waals surface area (Å²) in [6.45, 7) is 5.30. The number of hydrogen-bond acceptors (Lipinski definition) is 4. The Morgan fingerprint density at radius 3 is 2.52 bits per heavy atom. The quantitative estimate of drug-likeness (QED) is 0.843. The van der Waals surface area contributed by atoms with Crippen molar-refractivity contribution in [2.75, 3.05) is 26.2 Å². The molecule has 0 saturated carbocycles. The summed E-state index contributed by atoms with van der Waals surface area (Å²) in [6.07, 6.45) is 6.76. The first-order valence-electron chi connectivity index (χ1n) is 9.09. The highest BCUT2D eigenvalue weighted by atomic mass is 16.2. The highest BCUT2D eigenvalue weighted by Crippen LogP contribution is 2.25. The van der Waals surface area contributed by atoms with Gasteiger partial charge >= 0.3 is 0 Å². The van der Waals surface area contributed by atoms with E-state index in [9.17, 15) is 4.79 Å². The van der Waals surface area contributed by atoms with Gasteiger partial charge in [-0.2, -0.15) is 0 Å². The monoisotopic (exact) mass is 336 g/mol. The second-order valence-corrected chi connectivity index (χ2v) is 7.04. The lowest BCUT2D eigenvalue weighted by molar-refractivity contribution is 0.0547. The highest BCUT2D eigenvalue weighted by Gasteiger charge is 2.29. The third-order valence-electron chi connectivity index (χ3n) is 5.44. The van der Waals surface area contributed by atoms with Crippen molar-refractivity contribution >= 4 is 5.91 Å². The Kier molecular flexibility index (Phi) is 4.49. The maximum atomic E-state index is 12.6. The fraction of sp³-hybridized carbons (Fsp3) is 0.450. The molecule has 1 aromatic carbocycles. The van der Waals surface area contributed by atoms with Crippen LogP contribution in [0.25, 0.3) is 0 Å². The first kappa shape index (κ1) is 16.2. The molecule has 2 aliphatic rings. The number of piperazine rings is 1. The first-order chi connectivity index (χ1) is 12.2. The largest absolute Gasteiger partial charge is 0.335 e. The molecule has 1 aliphatic carbocycles. The zero-order valence-electron chi connectivity index (χ0n) is 14.7. The normalized spacial score (nSPS) is 21.0. The van der Waals surface area contributed by atoms with Crippen molar-refractivity contribution in [3.8, 4) is 0 Å². The van der Waals surface area contributed by atoms with Crippen LogP contribution in [0.2, 0.25) is 0 Å². The molecule has 1 saturated heterocycles. The Balaban J connectivity index is 1.36. The van der Waals surface area contributed by atoms with E-state index in [0.29, 0.717) is 11.7 Å². The zero-order chi connectivity index (χ0) is 17.2. The average Bonchev–Trinajstić information content (AvgIpc) is 2.68. The van der Waals surface area contributed by atoms with Crippen molar-refractivity contribution in [2.45, 2.75) is 32.2 Å². The maximum absolute atomic E-state index is 12.6. The molecule has 1 unspecified atom stereocenters. The molecule has 0 spiro atoms. The van der Waals surface area contributed by atoms with Crippen LogP contribution in [0.15, 0.2) is 36.7 Å². The van der Waals surface area contributed by atoms with Crippen LogP contribution in [0.5, 0.6) is 0 Å². The van der Waals surface area contributed by atoms with Gasteiger partial charge < -0.3 is 4.90 Å². The lowest BCUT2D eigenvalue weighted by Crippen LogP contribution is -2.53. The minimum absolute atomic E-state index is 0.00106. The summed E-state index contributed by atoms with van der Waals surface area (Å²) in [6, 6.07) is 9.39. The van der Waals surface area contributed by atoms with Crippen LogP contribution in [0.3, 0.4) is 0 Å². The van der Waals surface area contributed by atoms with E-state index in [2.05, 4.69) is 39.1 Å². The van der Waals surface area contributed by atoms with Gasteiger partial charge in [-0.3, -0.25) is 14.7 Å². The number of fused-ring (bicyclic) bond motifs is 1. The first-order valence-corrected chi connectivity index (χ1v) is 9.09. The summed E-state index contributed by atoms with van der Waals surface area (Å²) in [5, 5.41) is 0. The Morgan fingerprint density at radius 2 is 1.80 bits per heavy atom. The number of nitrogens with zero attached hydrogens (tertiary/aromatic N) is 4. The topological polar surface area (TPSA) is 49.3 Å². The van der Waals surface area contributed by atoms with Crippen LogP contribution < -0.4 is 0 Å². The Hall–Kier alpha value is -2.27. The van der Waals surface area contributed by atoms with Crippen molar-refractivity contribution in [3.05, 3.63) is 59.2 Å². The van der Waals surface area contributed by atoms with Gasteiger partial charge in [-0.15, -0.1) is 0 Å². The second-order valence-electron chi connectivity index (χ2n) is 7.04. The van der Waals surface area contributed by atoms with Crippen molar-refractivity contribution < 1.29 is 4.79 Å². The third-order valence-corrected chi connectivity index (χ3v) is 5.44.